The van der Waals surface area contributed by atoms with Crippen molar-refractivity contribution in [2.75, 3.05) is 25.0 Å². The molecule has 0 amide bonds. The summed E-state index contributed by atoms with van der Waals surface area (Å²) in [6.07, 6.45) is 7.20. The number of imidazole rings is 1. The average Bonchev–Trinajstić information content (AvgIpc) is 3.20. The number of aromatic nitrogens is 4. The fourth-order valence-corrected chi connectivity index (χ4v) is 3.51. The van der Waals surface area contributed by atoms with Crippen LogP contribution < -0.4 is 16.2 Å². The molecule has 1 aliphatic heterocycles. The van der Waals surface area contributed by atoms with E-state index in [1.807, 2.05) is 25.6 Å². The number of nitrogens with one attached hydrogen (secondary N) is 3. The summed E-state index contributed by atoms with van der Waals surface area (Å²) < 4.78 is 2.08. The number of aryl methyl sites for hydroxylation is 1. The second kappa shape index (κ2) is 6.09. The van der Waals surface area contributed by atoms with E-state index in [2.05, 4.69) is 30.2 Å². The second-order valence-corrected chi connectivity index (χ2v) is 6.30. The fourth-order valence-electron chi connectivity index (χ4n) is 3.51. The molecule has 4 heterocycles. The SMILES string of the molecule is Cn1cncc1[C@@H]1CNC[C@H]1CNc1cc(=O)[nH]c2cnccc12. The third-order valence-corrected chi connectivity index (χ3v) is 4.77. The zero-order valence-corrected chi connectivity index (χ0v) is 13.5. The first kappa shape index (κ1) is 14.9. The van der Waals surface area contributed by atoms with E-state index in [0.29, 0.717) is 11.8 Å². The van der Waals surface area contributed by atoms with Gasteiger partial charge in [-0.15, -0.1) is 0 Å². The van der Waals surface area contributed by atoms with Crippen molar-refractivity contribution in [2.24, 2.45) is 13.0 Å². The lowest BCUT2D eigenvalue weighted by Crippen LogP contribution is -2.23. The Bertz CT molecular complexity index is 915. The molecular formula is C17H20N6O. The summed E-state index contributed by atoms with van der Waals surface area (Å²) in [5, 5.41) is 7.91. The van der Waals surface area contributed by atoms with Crippen LogP contribution in [-0.4, -0.2) is 39.2 Å². The highest BCUT2D eigenvalue weighted by Crippen LogP contribution is 2.28. The van der Waals surface area contributed by atoms with Crippen LogP contribution in [0.5, 0.6) is 0 Å². The second-order valence-electron chi connectivity index (χ2n) is 6.30. The monoisotopic (exact) mass is 324 g/mol. The Morgan fingerprint density at radius 1 is 1.33 bits per heavy atom. The number of rotatable bonds is 4. The van der Waals surface area contributed by atoms with E-state index in [0.717, 1.165) is 36.2 Å². The summed E-state index contributed by atoms with van der Waals surface area (Å²) >= 11 is 0. The highest BCUT2D eigenvalue weighted by atomic mass is 16.1. The lowest BCUT2D eigenvalue weighted by molar-refractivity contribution is 0.522. The molecule has 2 atom stereocenters. The van der Waals surface area contributed by atoms with Gasteiger partial charge in [0.15, 0.2) is 0 Å². The van der Waals surface area contributed by atoms with Gasteiger partial charge in [-0.1, -0.05) is 0 Å². The van der Waals surface area contributed by atoms with Crippen LogP contribution in [0.2, 0.25) is 0 Å². The maximum Gasteiger partial charge on any atom is 0.250 e. The normalized spacial score (nSPS) is 20.5. The molecule has 0 spiro atoms. The van der Waals surface area contributed by atoms with Crippen molar-refractivity contribution in [3.63, 3.8) is 0 Å². The number of pyridine rings is 2. The molecule has 0 unspecified atom stereocenters. The predicted molar refractivity (Wildman–Crippen MR) is 93.2 cm³/mol. The van der Waals surface area contributed by atoms with E-state index in [1.54, 1.807) is 18.5 Å². The van der Waals surface area contributed by atoms with Crippen LogP contribution in [-0.2, 0) is 7.05 Å². The van der Waals surface area contributed by atoms with Crippen molar-refractivity contribution in [3.8, 4) is 0 Å². The molecule has 3 aromatic rings. The minimum absolute atomic E-state index is 0.120. The quantitative estimate of drug-likeness (QED) is 0.668. The number of anilines is 1. The summed E-state index contributed by atoms with van der Waals surface area (Å²) in [5.41, 5.74) is 2.73. The van der Waals surface area contributed by atoms with Crippen LogP contribution in [0, 0.1) is 5.92 Å². The Morgan fingerprint density at radius 2 is 2.25 bits per heavy atom. The Labute approximate surface area is 139 Å². The van der Waals surface area contributed by atoms with Crippen LogP contribution in [0.4, 0.5) is 5.69 Å². The van der Waals surface area contributed by atoms with E-state index in [1.165, 1.54) is 5.69 Å². The number of nitrogens with zero attached hydrogens (tertiary/aromatic N) is 3. The minimum Gasteiger partial charge on any atom is -0.384 e. The van der Waals surface area contributed by atoms with Crippen molar-refractivity contribution in [1.82, 2.24) is 24.8 Å². The summed E-state index contributed by atoms with van der Waals surface area (Å²) in [7, 11) is 2.03. The number of hydrogen-bond acceptors (Lipinski definition) is 5. The number of H-pyrrole nitrogens is 1. The van der Waals surface area contributed by atoms with E-state index in [4.69, 9.17) is 0 Å². The highest BCUT2D eigenvalue weighted by molar-refractivity contribution is 5.90. The van der Waals surface area contributed by atoms with Gasteiger partial charge in [0.25, 0.3) is 5.56 Å². The van der Waals surface area contributed by atoms with Crippen LogP contribution in [0.25, 0.3) is 10.9 Å². The number of aromatic amines is 1. The molecule has 3 aromatic heterocycles. The molecule has 7 nitrogen and oxygen atoms in total. The van der Waals surface area contributed by atoms with Gasteiger partial charge in [0.05, 0.1) is 18.0 Å². The third-order valence-electron chi connectivity index (χ3n) is 4.77. The summed E-state index contributed by atoms with van der Waals surface area (Å²) in [4.78, 5) is 23.0. The molecule has 0 saturated carbocycles. The Balaban J connectivity index is 1.57. The van der Waals surface area contributed by atoms with Crippen molar-refractivity contribution in [2.45, 2.75) is 5.92 Å². The molecule has 0 aromatic carbocycles. The maximum atomic E-state index is 11.8. The van der Waals surface area contributed by atoms with Gasteiger partial charge < -0.3 is 20.2 Å². The molecule has 7 heteroatoms. The third kappa shape index (κ3) is 2.67. The first-order chi connectivity index (χ1) is 11.7. The van der Waals surface area contributed by atoms with Crippen molar-refractivity contribution in [1.29, 1.82) is 0 Å². The zero-order chi connectivity index (χ0) is 16.5. The van der Waals surface area contributed by atoms with Gasteiger partial charge in [-0.3, -0.25) is 9.78 Å². The van der Waals surface area contributed by atoms with Gasteiger partial charge in [-0.2, -0.15) is 0 Å². The van der Waals surface area contributed by atoms with Gasteiger partial charge in [0, 0.05) is 67.8 Å². The molecule has 1 fully saturated rings. The molecule has 124 valence electrons. The van der Waals surface area contributed by atoms with Crippen LogP contribution in [0.15, 0.2) is 41.8 Å². The van der Waals surface area contributed by atoms with Gasteiger partial charge in [0.2, 0.25) is 0 Å². The largest absolute Gasteiger partial charge is 0.384 e. The first-order valence-electron chi connectivity index (χ1n) is 8.10. The van der Waals surface area contributed by atoms with E-state index in [-0.39, 0.29) is 5.56 Å². The average molecular weight is 324 g/mol. The number of fused-ring (bicyclic) bond motifs is 1. The van der Waals surface area contributed by atoms with E-state index in [9.17, 15) is 4.79 Å². The molecule has 1 saturated heterocycles. The van der Waals surface area contributed by atoms with Crippen molar-refractivity contribution in [3.05, 3.63) is 53.1 Å². The highest BCUT2D eigenvalue weighted by Gasteiger charge is 2.30. The lowest BCUT2D eigenvalue weighted by Gasteiger charge is -2.20. The molecule has 0 radical (unpaired) electrons. The molecule has 4 rings (SSSR count). The topological polar surface area (TPSA) is 87.6 Å². The number of hydrogen-bond donors (Lipinski definition) is 3. The van der Waals surface area contributed by atoms with Crippen LogP contribution >= 0.6 is 0 Å². The van der Waals surface area contributed by atoms with E-state index >= 15 is 0 Å². The summed E-state index contributed by atoms with van der Waals surface area (Å²) in [6.45, 7) is 2.70. The zero-order valence-electron chi connectivity index (χ0n) is 13.5. The van der Waals surface area contributed by atoms with Gasteiger partial charge in [-0.25, -0.2) is 4.98 Å². The van der Waals surface area contributed by atoms with Gasteiger partial charge >= 0.3 is 0 Å². The lowest BCUT2D eigenvalue weighted by atomic mass is 9.93. The Kier molecular flexibility index (Phi) is 3.78. The van der Waals surface area contributed by atoms with Crippen molar-refractivity contribution < 1.29 is 0 Å². The smallest absolute Gasteiger partial charge is 0.250 e. The van der Waals surface area contributed by atoms with E-state index < -0.39 is 0 Å². The maximum absolute atomic E-state index is 11.8. The van der Waals surface area contributed by atoms with Gasteiger partial charge in [0.1, 0.15) is 0 Å². The summed E-state index contributed by atoms with van der Waals surface area (Å²) in [5.74, 6) is 0.858. The van der Waals surface area contributed by atoms with Crippen LogP contribution in [0.3, 0.4) is 0 Å². The van der Waals surface area contributed by atoms with Crippen molar-refractivity contribution >= 4 is 16.6 Å². The Hall–Kier alpha value is -2.67. The van der Waals surface area contributed by atoms with Gasteiger partial charge in [-0.05, 0) is 12.0 Å². The minimum atomic E-state index is -0.120. The summed E-state index contributed by atoms with van der Waals surface area (Å²) in [6, 6.07) is 3.53. The predicted octanol–water partition coefficient (Wildman–Crippen LogP) is 1.07. The molecule has 3 N–H and O–H groups in total. The van der Waals surface area contributed by atoms with Crippen LogP contribution in [0.1, 0.15) is 11.6 Å². The standard InChI is InChI=1S/C17H20N6O/c1-23-10-20-9-16(23)13-7-19-5-11(13)6-21-14-4-17(24)22-15-8-18-3-2-12(14)15/h2-4,8-11,13,19H,5-7H2,1H3,(H2,21,22,24)/t11-,13+/m0/s1. The fraction of sp³-hybridized carbons (Fsp3) is 0.353. The first-order valence-corrected chi connectivity index (χ1v) is 8.10. The Morgan fingerprint density at radius 3 is 3.08 bits per heavy atom. The molecule has 0 bridgehead atoms. The molecule has 1 aliphatic rings. The molecule has 0 aliphatic carbocycles. The molecule has 24 heavy (non-hydrogen) atoms. The molecular weight excluding hydrogens is 304 g/mol.